The summed E-state index contributed by atoms with van der Waals surface area (Å²) in [6.45, 7) is 6.81. The fourth-order valence-electron chi connectivity index (χ4n) is 1.26. The molecule has 0 amide bonds. The summed E-state index contributed by atoms with van der Waals surface area (Å²) in [6, 6.07) is 9.49. The molecule has 0 aliphatic heterocycles. The first kappa shape index (κ1) is 12.8. The maximum atomic E-state index is 8.54. The molecule has 0 saturated heterocycles. The highest BCUT2D eigenvalue weighted by Crippen LogP contribution is 2.19. The maximum absolute atomic E-state index is 8.54. The van der Waals surface area contributed by atoms with E-state index in [0.717, 1.165) is 5.56 Å². The van der Waals surface area contributed by atoms with Crippen LogP contribution in [-0.4, -0.2) is 14.9 Å². The van der Waals surface area contributed by atoms with Crippen LogP contribution in [0.4, 0.5) is 0 Å². The monoisotopic (exact) mass is 235 g/mol. The van der Waals surface area contributed by atoms with Crippen LogP contribution in [0.25, 0.3) is 10.4 Å². The second kappa shape index (κ2) is 5.70. The Kier molecular flexibility index (Phi) is 4.55. The number of rotatable bonds is 5. The third-order valence-corrected chi connectivity index (χ3v) is 3.08. The number of nitrogens with zero attached hydrogens (tertiary/aromatic N) is 3. The van der Waals surface area contributed by atoms with Crippen molar-refractivity contribution in [2.75, 3.05) is 6.61 Å². The number of hydrogen-bond acceptors (Lipinski definition) is 2. The van der Waals surface area contributed by atoms with Gasteiger partial charge < -0.3 is 4.43 Å². The van der Waals surface area contributed by atoms with E-state index in [-0.39, 0.29) is 6.04 Å². The summed E-state index contributed by atoms with van der Waals surface area (Å²) in [6.07, 6.45) is 0. The molecule has 4 nitrogen and oxygen atoms in total. The Bertz CT molecular complexity index is 369. The zero-order valence-electron chi connectivity index (χ0n) is 9.92. The molecule has 0 radical (unpaired) electrons. The van der Waals surface area contributed by atoms with Gasteiger partial charge in [-0.1, -0.05) is 35.4 Å². The highest BCUT2D eigenvalue weighted by Gasteiger charge is 2.17. The maximum Gasteiger partial charge on any atom is 0.183 e. The van der Waals surface area contributed by atoms with E-state index >= 15 is 0 Å². The summed E-state index contributed by atoms with van der Waals surface area (Å²) in [4.78, 5) is 2.87. The summed E-state index contributed by atoms with van der Waals surface area (Å²) in [5, 5.41) is 3.78. The molecule has 0 aliphatic rings. The molecule has 0 fully saturated rings. The van der Waals surface area contributed by atoms with E-state index in [0.29, 0.717) is 6.61 Å². The van der Waals surface area contributed by atoms with Gasteiger partial charge in [-0.15, -0.1) is 0 Å². The summed E-state index contributed by atoms with van der Waals surface area (Å²) >= 11 is 0. The molecule has 86 valence electrons. The Hall–Kier alpha value is -1.29. The first-order valence-corrected chi connectivity index (χ1v) is 8.67. The van der Waals surface area contributed by atoms with E-state index in [1.165, 1.54) is 0 Å². The molecule has 16 heavy (non-hydrogen) atoms. The largest absolute Gasteiger partial charge is 0.417 e. The van der Waals surface area contributed by atoms with Gasteiger partial charge in [0.1, 0.15) is 0 Å². The minimum Gasteiger partial charge on any atom is -0.417 e. The summed E-state index contributed by atoms with van der Waals surface area (Å²) < 4.78 is 5.77. The van der Waals surface area contributed by atoms with Crippen LogP contribution in [0.3, 0.4) is 0 Å². The average Bonchev–Trinajstić information content (AvgIpc) is 2.24. The van der Waals surface area contributed by atoms with Crippen molar-refractivity contribution < 1.29 is 4.43 Å². The van der Waals surface area contributed by atoms with Gasteiger partial charge in [0.05, 0.1) is 6.04 Å². The molecule has 1 aromatic carbocycles. The second-order valence-corrected chi connectivity index (χ2v) is 9.07. The molecule has 1 rings (SSSR count). The molecule has 5 heteroatoms. The first-order chi connectivity index (χ1) is 7.53. The normalized spacial score (nSPS) is 12.9. The average molecular weight is 235 g/mol. The van der Waals surface area contributed by atoms with Crippen LogP contribution in [0.2, 0.25) is 19.6 Å². The topological polar surface area (TPSA) is 58.0 Å². The first-order valence-electron chi connectivity index (χ1n) is 5.26. The lowest BCUT2D eigenvalue weighted by Gasteiger charge is -2.20. The van der Waals surface area contributed by atoms with Gasteiger partial charge in [-0.25, -0.2) is 0 Å². The van der Waals surface area contributed by atoms with Gasteiger partial charge in [0.25, 0.3) is 0 Å². The lowest BCUT2D eigenvalue weighted by atomic mass is 10.1. The highest BCUT2D eigenvalue weighted by atomic mass is 28.4. The van der Waals surface area contributed by atoms with E-state index in [1.54, 1.807) is 0 Å². The van der Waals surface area contributed by atoms with Gasteiger partial charge in [-0.2, -0.15) is 0 Å². The number of hydrogen-bond donors (Lipinski definition) is 0. The number of azide groups is 1. The highest BCUT2D eigenvalue weighted by molar-refractivity contribution is 6.69. The Morgan fingerprint density at radius 1 is 1.31 bits per heavy atom. The van der Waals surface area contributed by atoms with E-state index in [1.807, 2.05) is 30.3 Å². The minimum absolute atomic E-state index is 0.224. The fourth-order valence-corrected chi connectivity index (χ4v) is 1.92. The standard InChI is InChI=1S/C11H17N3OSi/c1-16(2,3)15-9-11(13-14-12)10-7-5-4-6-8-10/h4-8,11H,9H2,1-3H3/t11-/m0/s1. The summed E-state index contributed by atoms with van der Waals surface area (Å²) in [5.74, 6) is 0. The van der Waals surface area contributed by atoms with Crippen molar-refractivity contribution in [2.45, 2.75) is 25.7 Å². The third kappa shape index (κ3) is 4.48. The summed E-state index contributed by atoms with van der Waals surface area (Å²) in [5.41, 5.74) is 9.54. The van der Waals surface area contributed by atoms with Crippen molar-refractivity contribution in [1.82, 2.24) is 0 Å². The predicted octanol–water partition coefficient (Wildman–Crippen LogP) is 3.89. The van der Waals surface area contributed by atoms with Crippen LogP contribution in [0.15, 0.2) is 35.4 Å². The van der Waals surface area contributed by atoms with Crippen LogP contribution in [-0.2, 0) is 4.43 Å². The number of benzene rings is 1. The SMILES string of the molecule is C[Si](C)(C)OC[C@H](N=[N+]=[N-])c1ccccc1. The molecule has 0 bridgehead atoms. The van der Waals surface area contributed by atoms with Crippen molar-refractivity contribution in [3.63, 3.8) is 0 Å². The third-order valence-electron chi connectivity index (χ3n) is 2.05. The lowest BCUT2D eigenvalue weighted by molar-refractivity contribution is 0.284. The van der Waals surface area contributed by atoms with Crippen LogP contribution < -0.4 is 0 Å². The van der Waals surface area contributed by atoms with E-state index in [9.17, 15) is 0 Å². The van der Waals surface area contributed by atoms with Gasteiger partial charge in [0, 0.05) is 11.5 Å². The Balaban J connectivity index is 2.73. The molecule has 0 N–H and O–H groups in total. The molecular formula is C11H17N3OSi. The molecule has 0 unspecified atom stereocenters. The molecule has 0 heterocycles. The lowest BCUT2D eigenvalue weighted by Crippen LogP contribution is -2.27. The molecular weight excluding hydrogens is 218 g/mol. The zero-order chi connectivity index (χ0) is 12.0. The fraction of sp³-hybridized carbons (Fsp3) is 0.455. The quantitative estimate of drug-likeness (QED) is 0.330. The molecule has 0 saturated carbocycles. The van der Waals surface area contributed by atoms with Gasteiger partial charge in [-0.05, 0) is 30.7 Å². The molecule has 1 atom stereocenters. The van der Waals surface area contributed by atoms with E-state index < -0.39 is 8.32 Å². The van der Waals surface area contributed by atoms with Crippen LogP contribution in [0, 0.1) is 0 Å². The van der Waals surface area contributed by atoms with Crippen LogP contribution >= 0.6 is 0 Å². The second-order valence-electron chi connectivity index (χ2n) is 4.55. The van der Waals surface area contributed by atoms with E-state index in [4.69, 9.17) is 9.96 Å². The summed E-state index contributed by atoms with van der Waals surface area (Å²) in [7, 11) is -1.57. The molecule has 0 aliphatic carbocycles. The predicted molar refractivity (Wildman–Crippen MR) is 67.6 cm³/mol. The molecule has 0 spiro atoms. The van der Waals surface area contributed by atoms with Crippen LogP contribution in [0.5, 0.6) is 0 Å². The Morgan fingerprint density at radius 2 is 1.94 bits per heavy atom. The van der Waals surface area contributed by atoms with Gasteiger partial charge in [-0.3, -0.25) is 0 Å². The van der Waals surface area contributed by atoms with Gasteiger partial charge in [0.2, 0.25) is 0 Å². The van der Waals surface area contributed by atoms with Crippen molar-refractivity contribution in [3.8, 4) is 0 Å². The molecule has 1 aromatic rings. The Labute approximate surface area is 97.0 Å². The van der Waals surface area contributed by atoms with Crippen molar-refractivity contribution in [3.05, 3.63) is 46.3 Å². The zero-order valence-corrected chi connectivity index (χ0v) is 10.9. The minimum atomic E-state index is -1.57. The Morgan fingerprint density at radius 3 is 2.44 bits per heavy atom. The molecule has 0 aromatic heterocycles. The smallest absolute Gasteiger partial charge is 0.183 e. The van der Waals surface area contributed by atoms with Crippen molar-refractivity contribution in [1.29, 1.82) is 0 Å². The van der Waals surface area contributed by atoms with Crippen LogP contribution in [0.1, 0.15) is 11.6 Å². The van der Waals surface area contributed by atoms with Crippen molar-refractivity contribution >= 4 is 8.32 Å². The van der Waals surface area contributed by atoms with Crippen molar-refractivity contribution in [2.24, 2.45) is 5.11 Å². The van der Waals surface area contributed by atoms with Gasteiger partial charge in [0.15, 0.2) is 8.32 Å². The van der Waals surface area contributed by atoms with Gasteiger partial charge >= 0.3 is 0 Å². The van der Waals surface area contributed by atoms with E-state index in [2.05, 4.69) is 29.7 Å².